The predicted molar refractivity (Wildman–Crippen MR) is 84.1 cm³/mol. The molecule has 21 heavy (non-hydrogen) atoms. The second kappa shape index (κ2) is 5.51. The van der Waals surface area contributed by atoms with Crippen molar-refractivity contribution in [1.29, 1.82) is 0 Å². The van der Waals surface area contributed by atoms with Gasteiger partial charge in [0.05, 0.1) is 0 Å². The zero-order valence-electron chi connectivity index (χ0n) is 13.4. The van der Waals surface area contributed by atoms with Crippen LogP contribution in [0.1, 0.15) is 39.7 Å². The van der Waals surface area contributed by atoms with E-state index in [2.05, 4.69) is 5.32 Å². The van der Waals surface area contributed by atoms with Crippen LogP contribution in [0.5, 0.6) is 0 Å². The smallest absolute Gasteiger partial charge is 0.250 e. The normalized spacial score (nSPS) is 23.2. The molecule has 1 aromatic carbocycles. The van der Waals surface area contributed by atoms with Gasteiger partial charge in [0.25, 0.3) is 5.91 Å². The van der Waals surface area contributed by atoms with E-state index < -0.39 is 12.1 Å². The first-order valence-corrected chi connectivity index (χ1v) is 7.46. The lowest BCUT2D eigenvalue weighted by atomic mass is 9.83. The molecule has 2 rings (SSSR count). The van der Waals surface area contributed by atoms with Crippen molar-refractivity contribution in [3.63, 3.8) is 0 Å². The van der Waals surface area contributed by atoms with Gasteiger partial charge in [-0.1, -0.05) is 45.9 Å². The van der Waals surface area contributed by atoms with Gasteiger partial charge in [0.2, 0.25) is 5.91 Å². The molecule has 2 atom stereocenters. The summed E-state index contributed by atoms with van der Waals surface area (Å²) in [5, 5.41) is 2.90. The van der Waals surface area contributed by atoms with Gasteiger partial charge in [-0.15, -0.1) is 0 Å². The third-order valence-corrected chi connectivity index (χ3v) is 4.01. The molecule has 0 bridgehead atoms. The van der Waals surface area contributed by atoms with Gasteiger partial charge in [0.15, 0.2) is 0 Å². The molecule has 2 amide bonds. The molecular formula is C17H24N2O2. The molecule has 0 radical (unpaired) electrons. The fraction of sp³-hybridized carbons (Fsp3) is 0.529. The van der Waals surface area contributed by atoms with E-state index in [9.17, 15) is 9.59 Å². The molecule has 1 aliphatic rings. The highest BCUT2D eigenvalue weighted by Crippen LogP contribution is 2.31. The van der Waals surface area contributed by atoms with Crippen LogP contribution >= 0.6 is 0 Å². The van der Waals surface area contributed by atoms with E-state index in [1.807, 2.05) is 58.9 Å². The van der Waals surface area contributed by atoms with Crippen molar-refractivity contribution in [2.24, 2.45) is 5.41 Å². The van der Waals surface area contributed by atoms with Crippen LogP contribution in [0.4, 0.5) is 5.69 Å². The maximum atomic E-state index is 13.0. The van der Waals surface area contributed by atoms with Crippen molar-refractivity contribution in [1.82, 2.24) is 5.32 Å². The van der Waals surface area contributed by atoms with Crippen molar-refractivity contribution in [3.05, 3.63) is 29.8 Å². The lowest BCUT2D eigenvalue weighted by Gasteiger charge is -2.43. The zero-order chi connectivity index (χ0) is 15.8. The van der Waals surface area contributed by atoms with Crippen LogP contribution in [0.2, 0.25) is 0 Å². The van der Waals surface area contributed by atoms with Gasteiger partial charge in [-0.25, -0.2) is 0 Å². The van der Waals surface area contributed by atoms with Crippen LogP contribution < -0.4 is 10.2 Å². The highest BCUT2D eigenvalue weighted by molar-refractivity contribution is 6.09. The molecule has 4 heteroatoms. The number of carbonyl (C=O) groups excluding carboxylic acids is 2. The summed E-state index contributed by atoms with van der Waals surface area (Å²) in [4.78, 5) is 27.1. The monoisotopic (exact) mass is 288 g/mol. The SMILES string of the molecule is CCC1C(=O)NC(C(C)(C)C)C(=O)N1c1ccccc1C. The maximum absolute atomic E-state index is 13.0. The van der Waals surface area contributed by atoms with Gasteiger partial charge in [-0.05, 0) is 30.4 Å². The van der Waals surface area contributed by atoms with E-state index in [0.717, 1.165) is 11.3 Å². The van der Waals surface area contributed by atoms with Crippen molar-refractivity contribution in [2.45, 2.75) is 53.1 Å². The highest BCUT2D eigenvalue weighted by atomic mass is 16.2. The van der Waals surface area contributed by atoms with Crippen LogP contribution in [0, 0.1) is 12.3 Å². The molecule has 4 nitrogen and oxygen atoms in total. The molecule has 0 aromatic heterocycles. The standard InChI is InChI=1S/C17H24N2O2/c1-6-12-15(20)18-14(17(3,4)5)16(21)19(12)13-10-8-7-9-11(13)2/h7-10,12,14H,6H2,1-5H3,(H,18,20). The average Bonchev–Trinajstić information content (AvgIpc) is 2.40. The van der Waals surface area contributed by atoms with Gasteiger partial charge in [-0.2, -0.15) is 0 Å². The maximum Gasteiger partial charge on any atom is 0.250 e. The number of piperazine rings is 1. The first kappa shape index (κ1) is 15.5. The molecule has 1 fully saturated rings. The number of rotatable bonds is 2. The number of hydrogen-bond donors (Lipinski definition) is 1. The van der Waals surface area contributed by atoms with E-state index in [4.69, 9.17) is 0 Å². The number of carbonyl (C=O) groups is 2. The molecule has 1 aliphatic heterocycles. The van der Waals surface area contributed by atoms with E-state index in [-0.39, 0.29) is 17.2 Å². The summed E-state index contributed by atoms with van der Waals surface area (Å²) in [5.41, 5.74) is 1.52. The molecule has 2 unspecified atom stereocenters. The number of nitrogens with one attached hydrogen (secondary N) is 1. The van der Waals surface area contributed by atoms with Gasteiger partial charge < -0.3 is 5.32 Å². The Hall–Kier alpha value is -1.84. The van der Waals surface area contributed by atoms with Gasteiger partial charge in [0.1, 0.15) is 12.1 Å². The quantitative estimate of drug-likeness (QED) is 0.909. The molecule has 114 valence electrons. The first-order chi connectivity index (χ1) is 9.77. The van der Waals surface area contributed by atoms with Crippen molar-refractivity contribution in [3.8, 4) is 0 Å². The van der Waals surface area contributed by atoms with Crippen molar-refractivity contribution in [2.75, 3.05) is 4.90 Å². The van der Waals surface area contributed by atoms with Gasteiger partial charge in [-0.3, -0.25) is 14.5 Å². The Morgan fingerprint density at radius 2 is 1.81 bits per heavy atom. The second-order valence-corrected chi connectivity index (χ2v) is 6.73. The number of para-hydroxylation sites is 1. The van der Waals surface area contributed by atoms with Crippen molar-refractivity contribution >= 4 is 17.5 Å². The van der Waals surface area contributed by atoms with E-state index >= 15 is 0 Å². The first-order valence-electron chi connectivity index (χ1n) is 7.46. The van der Waals surface area contributed by atoms with E-state index in [1.165, 1.54) is 0 Å². The topological polar surface area (TPSA) is 49.4 Å². The Kier molecular flexibility index (Phi) is 4.08. The number of hydrogen-bond acceptors (Lipinski definition) is 2. The number of benzene rings is 1. The second-order valence-electron chi connectivity index (χ2n) is 6.73. The summed E-state index contributed by atoms with van der Waals surface area (Å²) in [7, 11) is 0. The third-order valence-electron chi connectivity index (χ3n) is 4.01. The minimum absolute atomic E-state index is 0.0248. The Morgan fingerprint density at radius 3 is 2.33 bits per heavy atom. The molecule has 1 heterocycles. The van der Waals surface area contributed by atoms with Crippen LogP contribution in [0.15, 0.2) is 24.3 Å². The minimum atomic E-state index is -0.493. The molecule has 1 N–H and O–H groups in total. The van der Waals surface area contributed by atoms with E-state index in [0.29, 0.717) is 6.42 Å². The Morgan fingerprint density at radius 1 is 1.19 bits per heavy atom. The zero-order valence-corrected chi connectivity index (χ0v) is 13.4. The predicted octanol–water partition coefficient (Wildman–Crippen LogP) is 2.65. The highest BCUT2D eigenvalue weighted by Gasteiger charge is 2.45. The van der Waals surface area contributed by atoms with Crippen LogP contribution in [-0.2, 0) is 9.59 Å². The molecule has 0 aliphatic carbocycles. The fourth-order valence-electron chi connectivity index (χ4n) is 2.79. The summed E-state index contributed by atoms with van der Waals surface area (Å²) in [6.45, 7) is 9.81. The lowest BCUT2D eigenvalue weighted by Crippen LogP contribution is -2.66. The average molecular weight is 288 g/mol. The van der Waals surface area contributed by atoms with Crippen molar-refractivity contribution < 1.29 is 9.59 Å². The largest absolute Gasteiger partial charge is 0.342 e. The van der Waals surface area contributed by atoms with Crippen LogP contribution in [0.3, 0.4) is 0 Å². The van der Waals surface area contributed by atoms with Crippen LogP contribution in [-0.4, -0.2) is 23.9 Å². The minimum Gasteiger partial charge on any atom is -0.342 e. The van der Waals surface area contributed by atoms with Gasteiger partial charge in [0, 0.05) is 5.69 Å². The molecule has 0 saturated carbocycles. The number of nitrogens with zero attached hydrogens (tertiary/aromatic N) is 1. The Balaban J connectivity index is 2.50. The van der Waals surface area contributed by atoms with Gasteiger partial charge >= 0.3 is 0 Å². The van der Waals surface area contributed by atoms with Crippen LogP contribution in [0.25, 0.3) is 0 Å². The Bertz CT molecular complexity index is 560. The lowest BCUT2D eigenvalue weighted by molar-refractivity contribution is -0.136. The molecule has 1 aromatic rings. The molecule has 0 spiro atoms. The Labute approximate surface area is 126 Å². The third kappa shape index (κ3) is 2.80. The number of anilines is 1. The summed E-state index contributed by atoms with van der Waals surface area (Å²) in [5.74, 6) is -0.0940. The van der Waals surface area contributed by atoms with E-state index in [1.54, 1.807) is 4.90 Å². The molecular weight excluding hydrogens is 264 g/mol. The summed E-state index contributed by atoms with van der Waals surface area (Å²) in [6, 6.07) is 6.79. The molecule has 1 saturated heterocycles. The summed E-state index contributed by atoms with van der Waals surface area (Å²) >= 11 is 0. The summed E-state index contributed by atoms with van der Waals surface area (Å²) < 4.78 is 0. The number of amides is 2. The fourth-order valence-corrected chi connectivity index (χ4v) is 2.79. The summed E-state index contributed by atoms with van der Waals surface area (Å²) in [6.07, 6.45) is 0.600. The number of aryl methyl sites for hydroxylation is 1.